The van der Waals surface area contributed by atoms with Crippen LogP contribution in [0.15, 0.2) is 96.9 Å². The molecule has 4 aromatic carbocycles. The van der Waals surface area contributed by atoms with E-state index >= 15 is 0 Å². The van der Waals surface area contributed by atoms with Gasteiger partial charge in [-0.05, 0) is 47.6 Å². The maximum atomic E-state index is 12.3. The summed E-state index contributed by atoms with van der Waals surface area (Å²) in [6.45, 7) is -0.150. The Bertz CT molecular complexity index is 2880. The molecule has 4 N–H and O–H groups in total. The van der Waals surface area contributed by atoms with Gasteiger partial charge in [0.25, 0.3) is 17.4 Å². The molecule has 4 heterocycles. The first-order valence-corrected chi connectivity index (χ1v) is 18.3. The molecule has 0 aliphatic carbocycles. The number of ether oxygens (including phenoxy) is 2. The summed E-state index contributed by atoms with van der Waals surface area (Å²) in [6, 6.07) is 19.4. The maximum Gasteiger partial charge on any atom is 0.439 e. The average Bonchev–Trinajstić information content (AvgIpc) is 3.86. The molecule has 298 valence electrons. The number of aliphatic imine (C=N–C) groups is 2. The van der Waals surface area contributed by atoms with Crippen LogP contribution in [0.3, 0.4) is 0 Å². The van der Waals surface area contributed by atoms with Crippen LogP contribution in [0.25, 0.3) is 10.8 Å². The zero-order valence-electron chi connectivity index (χ0n) is 29.8. The lowest BCUT2D eigenvalue weighted by Crippen LogP contribution is -2.34. The number of aromatic amines is 1. The summed E-state index contributed by atoms with van der Waals surface area (Å²) < 4.78 is 17.1. The average molecular weight is 879 g/mol. The third-order valence-corrected chi connectivity index (χ3v) is 9.29. The second-order valence-corrected chi connectivity index (χ2v) is 13.8. The predicted molar refractivity (Wildman–Crippen MR) is 217 cm³/mol. The van der Waals surface area contributed by atoms with Gasteiger partial charge >= 0.3 is 5.76 Å². The highest BCUT2D eigenvalue weighted by molar-refractivity contribution is 6.46. The van der Waals surface area contributed by atoms with E-state index in [2.05, 4.69) is 45.7 Å². The van der Waals surface area contributed by atoms with Gasteiger partial charge in [-0.2, -0.15) is 0 Å². The van der Waals surface area contributed by atoms with E-state index in [0.29, 0.717) is 21.9 Å². The Kier molecular flexibility index (Phi) is 11.6. The summed E-state index contributed by atoms with van der Waals surface area (Å²) >= 11 is 25.2. The van der Waals surface area contributed by atoms with Crippen LogP contribution < -0.4 is 36.7 Å². The third-order valence-electron chi connectivity index (χ3n) is 8.17. The summed E-state index contributed by atoms with van der Waals surface area (Å²) in [5.41, 5.74) is 1.28. The molecule has 2 aliphatic heterocycles. The molecule has 3 amide bonds. The number of carbonyl (C=O) groups excluding carboxylic acids is 4. The predicted octanol–water partition coefficient (Wildman–Crippen LogP) is 5.44. The Balaban J connectivity index is 0.000000179. The molecule has 0 atom stereocenters. The van der Waals surface area contributed by atoms with Gasteiger partial charge in [0.2, 0.25) is 23.5 Å². The summed E-state index contributed by atoms with van der Waals surface area (Å²) in [4.78, 5) is 80.6. The monoisotopic (exact) mass is 877 g/mol. The van der Waals surface area contributed by atoms with Gasteiger partial charge in [-0.1, -0.05) is 76.7 Å². The van der Waals surface area contributed by atoms with E-state index in [1.165, 1.54) is 31.3 Å². The van der Waals surface area contributed by atoms with Crippen LogP contribution in [0.1, 0.15) is 26.5 Å². The van der Waals surface area contributed by atoms with E-state index in [-0.39, 0.29) is 96.7 Å². The van der Waals surface area contributed by atoms with Crippen molar-refractivity contribution in [3.05, 3.63) is 131 Å². The molecule has 18 nitrogen and oxygen atoms in total. The van der Waals surface area contributed by atoms with E-state index in [9.17, 15) is 28.8 Å². The van der Waals surface area contributed by atoms with Gasteiger partial charge in [0.15, 0.2) is 23.1 Å². The van der Waals surface area contributed by atoms with Crippen molar-refractivity contribution in [1.29, 1.82) is 0 Å². The maximum absolute atomic E-state index is 12.3. The highest BCUT2D eigenvalue weighted by atomic mass is 35.5. The number of H-pyrrole nitrogens is 1. The van der Waals surface area contributed by atoms with Crippen LogP contribution in [0.5, 0.6) is 17.4 Å². The molecule has 8 rings (SSSR count). The SMILES string of the molecule is Cn1nc(Oc2c(Cl)cc(NC(=O)C3=NCC(=O)N3)cc2Cl)c2ccccc2c1=O.O=C(Nc1cc(Cl)c(OC2=NCC(=O)c3ccccc32)c(Cl)c1)c1noc(=O)[nH]1. The van der Waals surface area contributed by atoms with Crippen LogP contribution >= 0.6 is 46.4 Å². The van der Waals surface area contributed by atoms with Gasteiger partial charge in [-0.15, -0.1) is 5.10 Å². The number of nitrogens with zero attached hydrogens (tertiary/aromatic N) is 5. The van der Waals surface area contributed by atoms with Gasteiger partial charge in [0.05, 0.1) is 30.9 Å². The lowest BCUT2D eigenvalue weighted by molar-refractivity contribution is -0.118. The number of amides is 3. The minimum Gasteiger partial charge on any atom is -0.436 e. The molecule has 0 radical (unpaired) electrons. The van der Waals surface area contributed by atoms with Gasteiger partial charge in [-0.25, -0.2) is 14.5 Å². The molecular weight excluding hydrogens is 856 g/mol. The number of hydrogen-bond acceptors (Lipinski definition) is 13. The Morgan fingerprint density at radius 1 is 0.746 bits per heavy atom. The molecule has 0 fully saturated rings. The van der Waals surface area contributed by atoms with E-state index in [4.69, 9.17) is 55.9 Å². The van der Waals surface area contributed by atoms with Crippen molar-refractivity contribution in [2.75, 3.05) is 23.7 Å². The van der Waals surface area contributed by atoms with Gasteiger partial charge < -0.3 is 25.4 Å². The van der Waals surface area contributed by atoms with Gasteiger partial charge in [0, 0.05) is 29.5 Å². The number of nitrogens with one attached hydrogen (secondary N) is 4. The van der Waals surface area contributed by atoms with Crippen LogP contribution in [-0.4, -0.2) is 68.2 Å². The molecular formula is C37H23Cl4N9O9. The Labute approximate surface area is 349 Å². The number of benzene rings is 4. The quantitative estimate of drug-likeness (QED) is 0.157. The topological polar surface area (TPSA) is 241 Å². The normalized spacial score (nSPS) is 13.0. The van der Waals surface area contributed by atoms with E-state index in [1.807, 2.05) is 0 Å². The fourth-order valence-electron chi connectivity index (χ4n) is 5.51. The van der Waals surface area contributed by atoms with Crippen molar-refractivity contribution in [2.45, 2.75) is 0 Å². The van der Waals surface area contributed by atoms with Crippen LogP contribution in [0, 0.1) is 0 Å². The van der Waals surface area contributed by atoms with Crippen molar-refractivity contribution in [3.63, 3.8) is 0 Å². The molecule has 0 unspecified atom stereocenters. The van der Waals surface area contributed by atoms with Crippen molar-refractivity contribution < 1.29 is 33.2 Å². The molecule has 0 bridgehead atoms. The number of anilines is 2. The summed E-state index contributed by atoms with van der Waals surface area (Å²) in [5, 5.41) is 16.1. The number of aryl methyl sites for hydroxylation is 1. The summed E-state index contributed by atoms with van der Waals surface area (Å²) in [6.07, 6.45) is 0. The van der Waals surface area contributed by atoms with Crippen LogP contribution in [0.2, 0.25) is 20.1 Å². The number of hydrogen-bond donors (Lipinski definition) is 4. The fraction of sp³-hybridized carbons (Fsp3) is 0.0811. The molecule has 0 saturated heterocycles. The molecule has 2 aliphatic rings. The number of amidine groups is 1. The van der Waals surface area contributed by atoms with E-state index in [1.54, 1.807) is 48.5 Å². The fourth-order valence-corrected chi connectivity index (χ4v) is 6.63. The molecule has 59 heavy (non-hydrogen) atoms. The molecule has 0 spiro atoms. The third kappa shape index (κ3) is 8.85. The summed E-state index contributed by atoms with van der Waals surface area (Å²) in [5.74, 6) is -2.48. The number of fused-ring (bicyclic) bond motifs is 2. The van der Waals surface area contributed by atoms with Crippen molar-refractivity contribution in [3.8, 4) is 17.4 Å². The minimum atomic E-state index is -0.859. The number of halogens is 4. The largest absolute Gasteiger partial charge is 0.439 e. The van der Waals surface area contributed by atoms with E-state index < -0.39 is 17.6 Å². The number of Topliss-reactive ketones (excluding diaryl/α,β-unsaturated/α-hetero) is 1. The Hall–Kier alpha value is -6.86. The van der Waals surface area contributed by atoms with Crippen LogP contribution in [0.4, 0.5) is 11.4 Å². The lowest BCUT2D eigenvalue weighted by Gasteiger charge is -2.18. The zero-order valence-corrected chi connectivity index (χ0v) is 32.8. The minimum absolute atomic E-state index is 0.0500. The second-order valence-electron chi connectivity index (χ2n) is 12.2. The van der Waals surface area contributed by atoms with Gasteiger partial charge in [-0.3, -0.25) is 38.5 Å². The van der Waals surface area contributed by atoms with Crippen molar-refractivity contribution in [2.24, 2.45) is 17.0 Å². The molecule has 2 aromatic heterocycles. The number of aromatic nitrogens is 4. The Morgan fingerprint density at radius 3 is 1.92 bits per heavy atom. The number of rotatable bonds is 7. The highest BCUT2D eigenvalue weighted by Crippen LogP contribution is 2.40. The first-order valence-electron chi connectivity index (χ1n) is 16.8. The number of ketones is 1. The summed E-state index contributed by atoms with van der Waals surface area (Å²) in [7, 11) is 1.51. The smallest absolute Gasteiger partial charge is 0.436 e. The Morgan fingerprint density at radius 2 is 1.32 bits per heavy atom. The van der Waals surface area contributed by atoms with Crippen molar-refractivity contribution >= 4 is 104 Å². The lowest BCUT2D eigenvalue weighted by atomic mass is 10.0. The molecule has 0 saturated carbocycles. The molecule has 6 aromatic rings. The first kappa shape index (κ1) is 40.3. The van der Waals surface area contributed by atoms with Crippen LogP contribution in [-0.2, 0) is 16.6 Å². The van der Waals surface area contributed by atoms with Gasteiger partial charge in [0.1, 0.15) is 13.1 Å². The highest BCUT2D eigenvalue weighted by Gasteiger charge is 2.25. The second kappa shape index (κ2) is 16.9. The first-order chi connectivity index (χ1) is 28.2. The van der Waals surface area contributed by atoms with Crippen molar-refractivity contribution in [1.82, 2.24) is 25.2 Å². The zero-order chi connectivity index (χ0) is 42.0. The molecule has 22 heteroatoms. The standard InChI is InChI=1S/C19H13Cl2N5O4.C18H10Cl2N4O5/c1-26-19(29)11-5-3-2-4-10(11)18(25-26)30-15-12(20)6-9(7-13(15)21)23-17(28)16-22-8-14(27)24-16;19-11-5-8(22-16(26)15-23-18(27)29-24-15)6-12(20)14(11)28-17-10-4-2-1-3-9(10)13(25)7-21-17/h2-7H,8H2,1H3,(H,23,28)(H,22,24,27);1-6H,7H2,(H,22,26)(H,23,24,27). The van der Waals surface area contributed by atoms with E-state index in [0.717, 1.165) is 4.68 Å². The number of carbonyl (C=O) groups is 4.